The lowest BCUT2D eigenvalue weighted by atomic mass is 10.1. The topological polar surface area (TPSA) is 66.9 Å². The molecule has 156 valence electrons. The van der Waals surface area contributed by atoms with Crippen LogP contribution in [0.25, 0.3) is 0 Å². The van der Waals surface area contributed by atoms with Gasteiger partial charge in [0.1, 0.15) is 10.6 Å². The number of hydrogen-bond donors (Lipinski definition) is 0. The Hall–Kier alpha value is -2.09. The molecule has 3 rings (SSSR count). The molecule has 1 amide bonds. The van der Waals surface area contributed by atoms with Crippen molar-refractivity contribution in [2.24, 2.45) is 0 Å². The van der Waals surface area contributed by atoms with E-state index in [1.165, 1.54) is 10.4 Å². The molecule has 0 atom stereocenters. The van der Waals surface area contributed by atoms with Crippen molar-refractivity contribution in [2.75, 3.05) is 32.8 Å². The molecule has 0 N–H and O–H groups in total. The van der Waals surface area contributed by atoms with E-state index in [0.717, 1.165) is 22.4 Å². The van der Waals surface area contributed by atoms with E-state index in [2.05, 4.69) is 0 Å². The Labute approximate surface area is 177 Å². The second kappa shape index (κ2) is 8.73. The summed E-state index contributed by atoms with van der Waals surface area (Å²) in [6, 6.07) is 10.4. The lowest BCUT2D eigenvalue weighted by Gasteiger charge is -2.34. The van der Waals surface area contributed by atoms with E-state index < -0.39 is 10.0 Å². The molecule has 0 radical (unpaired) electrons. The van der Waals surface area contributed by atoms with Gasteiger partial charge in [-0.2, -0.15) is 4.31 Å². The third-order valence-corrected chi connectivity index (χ3v) is 7.39. The van der Waals surface area contributed by atoms with Gasteiger partial charge in [0.05, 0.1) is 5.02 Å². The fourth-order valence-corrected chi connectivity index (χ4v) is 5.51. The van der Waals surface area contributed by atoms with Crippen LogP contribution in [0.3, 0.4) is 0 Å². The number of sulfonamides is 1. The predicted molar refractivity (Wildman–Crippen MR) is 113 cm³/mol. The van der Waals surface area contributed by atoms with Crippen LogP contribution in [0.4, 0.5) is 0 Å². The highest BCUT2D eigenvalue weighted by atomic mass is 35.5. The SMILES string of the molecule is Cc1cc(C)c(OCC(=O)N2CCN(S(=O)(=O)c3ccccc3Cl)CC2)c(C)c1. The molecule has 0 bridgehead atoms. The number of aryl methyl sites for hydroxylation is 3. The number of benzene rings is 2. The maximum absolute atomic E-state index is 12.8. The molecule has 2 aromatic carbocycles. The monoisotopic (exact) mass is 436 g/mol. The largest absolute Gasteiger partial charge is 0.483 e. The van der Waals surface area contributed by atoms with E-state index in [0.29, 0.717) is 13.1 Å². The fraction of sp³-hybridized carbons (Fsp3) is 0.381. The molecule has 0 unspecified atom stereocenters. The zero-order valence-electron chi connectivity index (χ0n) is 16.8. The Morgan fingerprint density at radius 3 is 2.21 bits per heavy atom. The maximum Gasteiger partial charge on any atom is 0.260 e. The van der Waals surface area contributed by atoms with Crippen LogP contribution in [-0.2, 0) is 14.8 Å². The van der Waals surface area contributed by atoms with Crippen molar-refractivity contribution < 1.29 is 17.9 Å². The maximum atomic E-state index is 12.8. The van der Waals surface area contributed by atoms with Crippen LogP contribution in [0, 0.1) is 20.8 Å². The van der Waals surface area contributed by atoms with Crippen molar-refractivity contribution in [3.05, 3.63) is 58.1 Å². The van der Waals surface area contributed by atoms with Gasteiger partial charge in [-0.25, -0.2) is 8.42 Å². The molecule has 0 aromatic heterocycles. The van der Waals surface area contributed by atoms with Crippen LogP contribution in [0.5, 0.6) is 5.75 Å². The van der Waals surface area contributed by atoms with Gasteiger partial charge in [-0.3, -0.25) is 4.79 Å². The summed E-state index contributed by atoms with van der Waals surface area (Å²) in [5.41, 5.74) is 3.13. The van der Waals surface area contributed by atoms with Gasteiger partial charge in [-0.15, -0.1) is 0 Å². The molecule has 2 aromatic rings. The first-order valence-electron chi connectivity index (χ1n) is 9.43. The molecule has 0 spiro atoms. The molecule has 1 aliphatic heterocycles. The van der Waals surface area contributed by atoms with Crippen LogP contribution >= 0.6 is 11.6 Å². The molecule has 8 heteroatoms. The van der Waals surface area contributed by atoms with Crippen molar-refractivity contribution in [1.29, 1.82) is 0 Å². The molecular weight excluding hydrogens is 412 g/mol. The average Bonchev–Trinajstić information content (AvgIpc) is 2.67. The van der Waals surface area contributed by atoms with Crippen molar-refractivity contribution in [1.82, 2.24) is 9.21 Å². The van der Waals surface area contributed by atoms with Crippen molar-refractivity contribution in [3.8, 4) is 5.75 Å². The molecular formula is C21H25ClN2O4S. The number of nitrogens with zero attached hydrogens (tertiary/aromatic N) is 2. The van der Waals surface area contributed by atoms with Crippen LogP contribution in [0.15, 0.2) is 41.3 Å². The van der Waals surface area contributed by atoms with Crippen LogP contribution in [0.2, 0.25) is 5.02 Å². The molecule has 0 saturated carbocycles. The van der Waals surface area contributed by atoms with Gasteiger partial charge in [0.15, 0.2) is 6.61 Å². The van der Waals surface area contributed by atoms with Crippen LogP contribution in [-0.4, -0.2) is 56.3 Å². The molecule has 29 heavy (non-hydrogen) atoms. The van der Waals surface area contributed by atoms with Crippen LogP contribution in [0.1, 0.15) is 16.7 Å². The number of ether oxygens (including phenoxy) is 1. The Morgan fingerprint density at radius 2 is 1.62 bits per heavy atom. The fourth-order valence-electron chi connectivity index (χ4n) is 3.59. The number of rotatable bonds is 5. The van der Waals surface area contributed by atoms with Crippen molar-refractivity contribution in [3.63, 3.8) is 0 Å². The summed E-state index contributed by atoms with van der Waals surface area (Å²) in [5, 5.41) is 0.197. The van der Waals surface area contributed by atoms with Gasteiger partial charge in [0, 0.05) is 26.2 Å². The first-order chi connectivity index (χ1) is 13.7. The number of halogens is 1. The first-order valence-corrected chi connectivity index (χ1v) is 11.2. The van der Waals surface area contributed by atoms with Gasteiger partial charge in [0.2, 0.25) is 10.0 Å². The third kappa shape index (κ3) is 4.74. The first kappa shape index (κ1) is 21.6. The Bertz CT molecular complexity index is 992. The molecule has 1 saturated heterocycles. The summed E-state index contributed by atoms with van der Waals surface area (Å²) in [7, 11) is -3.68. The lowest BCUT2D eigenvalue weighted by molar-refractivity contribution is -0.134. The molecule has 1 fully saturated rings. The minimum absolute atomic E-state index is 0.0675. The third-order valence-electron chi connectivity index (χ3n) is 4.99. The Morgan fingerprint density at radius 1 is 1.03 bits per heavy atom. The summed E-state index contributed by atoms with van der Waals surface area (Å²) in [6.45, 7) is 6.95. The summed E-state index contributed by atoms with van der Waals surface area (Å²) in [5.74, 6) is 0.572. The van der Waals surface area contributed by atoms with E-state index in [9.17, 15) is 13.2 Å². The highest BCUT2D eigenvalue weighted by Gasteiger charge is 2.31. The summed E-state index contributed by atoms with van der Waals surface area (Å²) in [6.07, 6.45) is 0. The number of carbonyl (C=O) groups excluding carboxylic acids is 1. The van der Waals surface area contributed by atoms with E-state index in [4.69, 9.17) is 16.3 Å². The minimum Gasteiger partial charge on any atom is -0.483 e. The zero-order valence-corrected chi connectivity index (χ0v) is 18.4. The standard InChI is InChI=1S/C21H25ClN2O4S/c1-15-12-16(2)21(17(3)13-15)28-14-20(25)23-8-10-24(11-9-23)29(26,27)19-7-5-4-6-18(19)22/h4-7,12-13H,8-11,14H2,1-3H3. The second-order valence-electron chi connectivity index (χ2n) is 7.23. The van der Waals surface area contributed by atoms with Crippen molar-refractivity contribution >= 4 is 27.5 Å². The highest BCUT2D eigenvalue weighted by Crippen LogP contribution is 2.26. The van der Waals surface area contributed by atoms with Crippen molar-refractivity contribution in [2.45, 2.75) is 25.7 Å². The normalized spacial score (nSPS) is 15.4. The van der Waals surface area contributed by atoms with Gasteiger partial charge in [-0.05, 0) is 44.0 Å². The Balaban J connectivity index is 1.59. The molecule has 6 nitrogen and oxygen atoms in total. The smallest absolute Gasteiger partial charge is 0.260 e. The number of carbonyl (C=O) groups is 1. The number of hydrogen-bond acceptors (Lipinski definition) is 4. The highest BCUT2D eigenvalue weighted by molar-refractivity contribution is 7.89. The quantitative estimate of drug-likeness (QED) is 0.722. The van der Waals surface area contributed by atoms with E-state index in [1.54, 1.807) is 23.1 Å². The predicted octanol–water partition coefficient (Wildman–Crippen LogP) is 3.18. The molecule has 0 aliphatic carbocycles. The summed E-state index contributed by atoms with van der Waals surface area (Å²) in [4.78, 5) is 14.3. The van der Waals surface area contributed by atoms with Crippen LogP contribution < -0.4 is 4.74 Å². The second-order valence-corrected chi connectivity index (χ2v) is 9.55. The lowest BCUT2D eigenvalue weighted by Crippen LogP contribution is -2.51. The zero-order chi connectivity index (χ0) is 21.2. The molecule has 1 aliphatic rings. The van der Waals surface area contributed by atoms with Gasteiger partial charge < -0.3 is 9.64 Å². The van der Waals surface area contributed by atoms with E-state index in [1.807, 2.05) is 32.9 Å². The minimum atomic E-state index is -3.68. The van der Waals surface area contributed by atoms with E-state index in [-0.39, 0.29) is 35.5 Å². The molecule has 1 heterocycles. The average molecular weight is 437 g/mol. The van der Waals surface area contributed by atoms with Gasteiger partial charge >= 0.3 is 0 Å². The van der Waals surface area contributed by atoms with E-state index >= 15 is 0 Å². The Kier molecular flexibility index (Phi) is 6.51. The summed E-state index contributed by atoms with van der Waals surface area (Å²) >= 11 is 6.05. The van der Waals surface area contributed by atoms with Gasteiger partial charge in [0.25, 0.3) is 5.91 Å². The summed E-state index contributed by atoms with van der Waals surface area (Å²) < 4.78 is 32.8. The number of amides is 1. The number of piperazine rings is 1. The van der Waals surface area contributed by atoms with Gasteiger partial charge in [-0.1, -0.05) is 41.4 Å².